The molecule has 0 aliphatic carbocycles. The van der Waals surface area contributed by atoms with Crippen molar-refractivity contribution < 1.29 is 24.7 Å². The molecule has 0 spiro atoms. The van der Waals surface area contributed by atoms with E-state index in [2.05, 4.69) is 5.32 Å². The van der Waals surface area contributed by atoms with E-state index in [0.717, 1.165) is 44.9 Å². The quantitative estimate of drug-likeness (QED) is 0.109. The Labute approximate surface area is 229 Å². The zero-order valence-corrected chi connectivity index (χ0v) is 23.2. The molecule has 0 saturated carbocycles. The molecule has 0 radical (unpaired) electrons. The fourth-order valence-corrected chi connectivity index (χ4v) is 3.85. The summed E-state index contributed by atoms with van der Waals surface area (Å²) in [6.07, 6.45) is 13.4. The van der Waals surface area contributed by atoms with Crippen LogP contribution in [0.5, 0.6) is 0 Å². The predicted molar refractivity (Wildman–Crippen MR) is 158 cm³/mol. The first kappa shape index (κ1) is 35.1. The molecule has 0 saturated heterocycles. The van der Waals surface area contributed by atoms with Crippen LogP contribution in [0.25, 0.3) is 0 Å². The minimum absolute atomic E-state index is 0.0408. The second-order valence-electron chi connectivity index (χ2n) is 9.32. The van der Waals surface area contributed by atoms with Gasteiger partial charge in [-0.2, -0.15) is 0 Å². The Morgan fingerprint density at radius 3 is 1.71 bits per heavy atom. The lowest BCUT2D eigenvalue weighted by Gasteiger charge is -2.07. The van der Waals surface area contributed by atoms with E-state index in [1.165, 1.54) is 44.1 Å². The summed E-state index contributed by atoms with van der Waals surface area (Å²) in [4.78, 5) is 22.6. The van der Waals surface area contributed by atoms with Gasteiger partial charge in [0.25, 0.3) is 0 Å². The van der Waals surface area contributed by atoms with Crippen molar-refractivity contribution in [3.63, 3.8) is 0 Å². The summed E-state index contributed by atoms with van der Waals surface area (Å²) in [6.45, 7) is 2.02. The highest BCUT2D eigenvalue weighted by atomic mass is 16.4. The van der Waals surface area contributed by atoms with Crippen LogP contribution in [0.3, 0.4) is 0 Å². The molecular formula is C29H48BN3O5. The molecule has 9 heteroatoms. The van der Waals surface area contributed by atoms with Gasteiger partial charge in [0.15, 0.2) is 0 Å². The molecule has 0 heterocycles. The van der Waals surface area contributed by atoms with Crippen molar-refractivity contribution in [2.24, 2.45) is 5.73 Å². The Morgan fingerprint density at radius 1 is 0.763 bits per heavy atom. The maximum absolute atomic E-state index is 12.0. The number of carbonyl (C=O) groups excluding carboxylic acids is 2. The summed E-state index contributed by atoms with van der Waals surface area (Å²) in [5.74, 6) is -0.242. The highest BCUT2D eigenvalue weighted by molar-refractivity contribution is 6.58. The molecule has 2 rings (SSSR count). The SMILES string of the molecule is CO.Cc1cccc(N)c1.NC(=O)CCCCCCCCCCCCCC(=O)Nc1cccc(B(O)O)c1. The van der Waals surface area contributed by atoms with E-state index in [1.54, 1.807) is 24.3 Å². The van der Waals surface area contributed by atoms with Crippen LogP contribution in [0.2, 0.25) is 0 Å². The van der Waals surface area contributed by atoms with Gasteiger partial charge in [0.2, 0.25) is 11.8 Å². The molecule has 2 amide bonds. The van der Waals surface area contributed by atoms with Gasteiger partial charge < -0.3 is 31.9 Å². The smallest absolute Gasteiger partial charge is 0.423 e. The molecule has 0 unspecified atom stereocenters. The van der Waals surface area contributed by atoms with E-state index >= 15 is 0 Å². The predicted octanol–water partition coefficient (Wildman–Crippen LogP) is 4.05. The number of nitrogens with two attached hydrogens (primary N) is 2. The number of hydrogen-bond acceptors (Lipinski definition) is 6. The number of hydrogen-bond donors (Lipinski definition) is 6. The largest absolute Gasteiger partial charge is 0.488 e. The molecule has 8 N–H and O–H groups in total. The van der Waals surface area contributed by atoms with Gasteiger partial charge in [0.05, 0.1) is 0 Å². The van der Waals surface area contributed by atoms with Crippen molar-refractivity contribution in [3.8, 4) is 0 Å². The van der Waals surface area contributed by atoms with Gasteiger partial charge in [-0.3, -0.25) is 9.59 Å². The summed E-state index contributed by atoms with van der Waals surface area (Å²) in [6, 6.07) is 14.4. The molecule has 8 nitrogen and oxygen atoms in total. The maximum Gasteiger partial charge on any atom is 0.488 e. The molecule has 0 fully saturated rings. The number of benzene rings is 2. The van der Waals surface area contributed by atoms with Crippen LogP contribution in [0, 0.1) is 6.92 Å². The van der Waals surface area contributed by atoms with Gasteiger partial charge in [-0.05, 0) is 55.1 Å². The van der Waals surface area contributed by atoms with E-state index in [0.29, 0.717) is 24.0 Å². The van der Waals surface area contributed by atoms with Crippen molar-refractivity contribution in [1.29, 1.82) is 0 Å². The van der Waals surface area contributed by atoms with E-state index < -0.39 is 7.12 Å². The number of aryl methyl sites for hydroxylation is 1. The molecule has 0 atom stereocenters. The van der Waals surface area contributed by atoms with Crippen molar-refractivity contribution in [2.45, 2.75) is 90.4 Å². The Hall–Kier alpha value is -2.88. The Morgan fingerprint density at radius 2 is 1.26 bits per heavy atom. The fraction of sp³-hybridized carbons (Fsp3) is 0.517. The van der Waals surface area contributed by atoms with Crippen molar-refractivity contribution in [2.75, 3.05) is 18.2 Å². The summed E-state index contributed by atoms with van der Waals surface area (Å²) in [5.41, 5.74) is 13.6. The lowest BCUT2D eigenvalue weighted by Crippen LogP contribution is -2.30. The van der Waals surface area contributed by atoms with Crippen LogP contribution in [0.1, 0.15) is 89.0 Å². The first-order valence-corrected chi connectivity index (χ1v) is 13.6. The summed E-state index contributed by atoms with van der Waals surface area (Å²) in [5, 5.41) is 28.1. The van der Waals surface area contributed by atoms with Gasteiger partial charge in [-0.15, -0.1) is 0 Å². The summed E-state index contributed by atoms with van der Waals surface area (Å²) in [7, 11) is -0.529. The minimum atomic E-state index is -1.53. The first-order valence-electron chi connectivity index (χ1n) is 13.6. The lowest BCUT2D eigenvalue weighted by atomic mass is 9.80. The molecule has 0 aliphatic heterocycles. The van der Waals surface area contributed by atoms with Gasteiger partial charge in [0.1, 0.15) is 0 Å². The fourth-order valence-electron chi connectivity index (χ4n) is 3.85. The highest BCUT2D eigenvalue weighted by Crippen LogP contribution is 2.13. The highest BCUT2D eigenvalue weighted by Gasteiger charge is 2.11. The maximum atomic E-state index is 12.0. The van der Waals surface area contributed by atoms with E-state index in [-0.39, 0.29) is 11.8 Å². The number of aliphatic hydroxyl groups excluding tert-OH is 1. The third-order valence-electron chi connectivity index (χ3n) is 5.84. The van der Waals surface area contributed by atoms with Crippen LogP contribution in [-0.4, -0.2) is 41.2 Å². The van der Waals surface area contributed by atoms with Crippen LogP contribution in [0.4, 0.5) is 11.4 Å². The third-order valence-corrected chi connectivity index (χ3v) is 5.84. The molecule has 38 heavy (non-hydrogen) atoms. The van der Waals surface area contributed by atoms with Crippen molar-refractivity contribution in [1.82, 2.24) is 0 Å². The first-order chi connectivity index (χ1) is 18.3. The normalized spacial score (nSPS) is 9.92. The number of aliphatic hydroxyl groups is 1. The number of carbonyl (C=O) groups is 2. The van der Waals surface area contributed by atoms with E-state index in [4.69, 9.17) is 26.6 Å². The Kier molecular flexibility index (Phi) is 21.5. The Bertz CT molecular complexity index is 879. The van der Waals surface area contributed by atoms with E-state index in [9.17, 15) is 9.59 Å². The second kappa shape index (κ2) is 23.3. The summed E-state index contributed by atoms with van der Waals surface area (Å²) < 4.78 is 0. The number of primary amides is 1. The van der Waals surface area contributed by atoms with Crippen molar-refractivity contribution in [3.05, 3.63) is 54.1 Å². The summed E-state index contributed by atoms with van der Waals surface area (Å²) >= 11 is 0. The van der Waals surface area contributed by atoms with Gasteiger partial charge in [-0.1, -0.05) is 82.1 Å². The number of nitrogens with one attached hydrogen (secondary N) is 1. The van der Waals surface area contributed by atoms with E-state index in [1.807, 2.05) is 31.2 Å². The standard InChI is InChI=1S/C21H35BN2O4.C7H9N.CH4O/c23-20(25)15-10-8-6-4-2-1-3-5-7-9-11-16-21(26)24-19-14-12-13-18(17-19)22(27)28;1-6-3-2-4-7(8)5-6;1-2/h12-14,17,27-28H,1-11,15-16H2,(H2,23,25)(H,24,26);2-5H,8H2,1H3;2H,1H3. The Balaban J connectivity index is 0.00000114. The zero-order valence-electron chi connectivity index (χ0n) is 23.2. The molecule has 2 aromatic rings. The molecule has 2 aromatic carbocycles. The second-order valence-corrected chi connectivity index (χ2v) is 9.32. The number of anilines is 2. The van der Waals surface area contributed by atoms with Crippen LogP contribution < -0.4 is 22.2 Å². The van der Waals surface area contributed by atoms with Crippen molar-refractivity contribution >= 4 is 35.8 Å². The number of rotatable bonds is 16. The zero-order chi connectivity index (χ0) is 28.6. The van der Waals surface area contributed by atoms with Crippen LogP contribution in [0.15, 0.2) is 48.5 Å². The topological polar surface area (TPSA) is 159 Å². The molecule has 0 aromatic heterocycles. The molecule has 0 bridgehead atoms. The minimum Gasteiger partial charge on any atom is -0.423 e. The average molecular weight is 530 g/mol. The molecule has 0 aliphatic rings. The number of nitrogen functional groups attached to an aromatic ring is 1. The van der Waals surface area contributed by atoms with Crippen LogP contribution in [-0.2, 0) is 9.59 Å². The number of unbranched alkanes of at least 4 members (excludes halogenated alkanes) is 10. The third kappa shape index (κ3) is 20.2. The molecule has 212 valence electrons. The average Bonchev–Trinajstić information content (AvgIpc) is 2.88. The van der Waals surface area contributed by atoms with Gasteiger partial charge in [0, 0.05) is 31.3 Å². The lowest BCUT2D eigenvalue weighted by molar-refractivity contribution is -0.118. The molecular weight excluding hydrogens is 481 g/mol. The van der Waals surface area contributed by atoms with Crippen LogP contribution >= 0.6 is 0 Å². The van der Waals surface area contributed by atoms with Gasteiger partial charge >= 0.3 is 7.12 Å². The number of amides is 2. The monoisotopic (exact) mass is 529 g/mol. The van der Waals surface area contributed by atoms with Gasteiger partial charge in [-0.25, -0.2) is 0 Å².